The number of rotatable bonds is 3. The fourth-order valence-electron chi connectivity index (χ4n) is 3.24. The second kappa shape index (κ2) is 8.08. The molecule has 146 valence electrons. The molecule has 3 N–H and O–H groups in total. The van der Waals surface area contributed by atoms with E-state index in [1.807, 2.05) is 55.5 Å². The largest absolute Gasteiger partial charge is 0.378 e. The number of halogens is 1. The number of ether oxygens (including phenoxy) is 1. The van der Waals surface area contributed by atoms with Crippen molar-refractivity contribution in [2.75, 3.05) is 36.5 Å². The molecular formula is C20H23ClN6O. The summed E-state index contributed by atoms with van der Waals surface area (Å²) in [6, 6.07) is 15.9. The van der Waals surface area contributed by atoms with Crippen LogP contribution >= 0.6 is 11.6 Å². The van der Waals surface area contributed by atoms with E-state index < -0.39 is 6.29 Å². The predicted molar refractivity (Wildman–Crippen MR) is 114 cm³/mol. The number of hydrogen-bond acceptors (Lipinski definition) is 7. The number of anilines is 2. The molecule has 4 rings (SSSR count). The molecule has 0 spiro atoms. The van der Waals surface area contributed by atoms with Gasteiger partial charge < -0.3 is 20.7 Å². The topological polar surface area (TPSA) is 78.5 Å². The van der Waals surface area contributed by atoms with Crippen LogP contribution in [-0.2, 0) is 4.74 Å². The highest BCUT2D eigenvalue weighted by atomic mass is 35.5. The van der Waals surface area contributed by atoms with Gasteiger partial charge in [0.25, 0.3) is 0 Å². The van der Waals surface area contributed by atoms with Gasteiger partial charge in [-0.1, -0.05) is 35.9 Å². The van der Waals surface area contributed by atoms with Crippen LogP contribution in [0.15, 0.2) is 58.5 Å². The molecule has 8 heteroatoms. The molecule has 1 saturated heterocycles. The van der Waals surface area contributed by atoms with Gasteiger partial charge in [0.05, 0.1) is 13.2 Å². The minimum absolute atomic E-state index is 0.240. The Morgan fingerprint density at radius 2 is 1.89 bits per heavy atom. The van der Waals surface area contributed by atoms with Crippen molar-refractivity contribution in [1.82, 2.24) is 4.90 Å². The van der Waals surface area contributed by atoms with Crippen molar-refractivity contribution in [2.24, 2.45) is 15.7 Å². The normalized spacial score (nSPS) is 19.9. The van der Waals surface area contributed by atoms with Crippen LogP contribution in [0.4, 0.5) is 11.4 Å². The monoisotopic (exact) mass is 398 g/mol. The van der Waals surface area contributed by atoms with Crippen molar-refractivity contribution in [2.45, 2.75) is 13.2 Å². The summed E-state index contributed by atoms with van der Waals surface area (Å²) >= 11 is 6.30. The van der Waals surface area contributed by atoms with E-state index in [2.05, 4.69) is 25.1 Å². The van der Waals surface area contributed by atoms with E-state index in [1.165, 1.54) is 0 Å². The number of nitrogens with two attached hydrogens (primary N) is 1. The molecule has 28 heavy (non-hydrogen) atoms. The quantitative estimate of drug-likeness (QED) is 0.831. The van der Waals surface area contributed by atoms with Crippen LogP contribution in [0.2, 0.25) is 5.02 Å². The zero-order valence-electron chi connectivity index (χ0n) is 15.7. The zero-order valence-corrected chi connectivity index (χ0v) is 16.4. The number of aryl methyl sites for hydroxylation is 1. The Bertz CT molecular complexity index is 895. The second-order valence-corrected chi connectivity index (χ2v) is 7.09. The Labute approximate surface area is 169 Å². The standard InChI is InChI=1S/C20H23ClN6O/c1-14-7-8-15(13-17(14)21)23-19-24-18(22)25-20(26-9-11-28-12-10-26)27(19)16-5-3-2-4-6-16/h2-8,13,19,23H,9-12H2,1H3,(H2,22,24). The van der Waals surface area contributed by atoms with Gasteiger partial charge in [0.2, 0.25) is 18.2 Å². The smallest absolute Gasteiger partial charge is 0.222 e. The van der Waals surface area contributed by atoms with Crippen molar-refractivity contribution in [1.29, 1.82) is 0 Å². The lowest BCUT2D eigenvalue weighted by Gasteiger charge is -2.41. The number of hydrogen-bond donors (Lipinski definition) is 2. The average molecular weight is 399 g/mol. The number of nitrogens with one attached hydrogen (secondary N) is 1. The molecule has 7 nitrogen and oxygen atoms in total. The highest BCUT2D eigenvalue weighted by Crippen LogP contribution is 2.26. The summed E-state index contributed by atoms with van der Waals surface area (Å²) in [6.07, 6.45) is -0.448. The van der Waals surface area contributed by atoms with Gasteiger partial charge in [-0.2, -0.15) is 4.99 Å². The summed E-state index contributed by atoms with van der Waals surface area (Å²) in [5.41, 5.74) is 8.94. The first kappa shape index (κ1) is 18.6. The summed E-state index contributed by atoms with van der Waals surface area (Å²) in [5.74, 6) is 1.00. The van der Waals surface area contributed by atoms with E-state index in [0.29, 0.717) is 18.2 Å². The van der Waals surface area contributed by atoms with E-state index >= 15 is 0 Å². The van der Waals surface area contributed by atoms with Crippen molar-refractivity contribution in [3.05, 3.63) is 59.1 Å². The van der Waals surface area contributed by atoms with E-state index in [1.54, 1.807) is 0 Å². The molecule has 0 radical (unpaired) electrons. The summed E-state index contributed by atoms with van der Waals surface area (Å²) in [4.78, 5) is 13.3. The van der Waals surface area contributed by atoms with Crippen LogP contribution in [0.25, 0.3) is 0 Å². The Hall–Kier alpha value is -2.77. The van der Waals surface area contributed by atoms with Gasteiger partial charge in [0.15, 0.2) is 0 Å². The molecule has 0 saturated carbocycles. The molecule has 0 aromatic heterocycles. The summed E-state index contributed by atoms with van der Waals surface area (Å²) in [5, 5.41) is 4.13. The highest BCUT2D eigenvalue weighted by molar-refractivity contribution is 6.31. The average Bonchev–Trinajstić information content (AvgIpc) is 2.72. The molecule has 0 amide bonds. The summed E-state index contributed by atoms with van der Waals surface area (Å²) in [6.45, 7) is 4.79. The maximum Gasteiger partial charge on any atom is 0.222 e. The third-order valence-electron chi connectivity index (χ3n) is 4.73. The molecular weight excluding hydrogens is 376 g/mol. The van der Waals surface area contributed by atoms with Gasteiger partial charge >= 0.3 is 0 Å². The van der Waals surface area contributed by atoms with Gasteiger partial charge in [-0.25, -0.2) is 4.99 Å². The molecule has 2 heterocycles. The molecule has 1 fully saturated rings. The Morgan fingerprint density at radius 1 is 1.14 bits per heavy atom. The lowest BCUT2D eigenvalue weighted by Crippen LogP contribution is -2.57. The minimum atomic E-state index is -0.448. The maximum absolute atomic E-state index is 6.30. The number of para-hydroxylation sites is 1. The third-order valence-corrected chi connectivity index (χ3v) is 5.13. The zero-order chi connectivity index (χ0) is 19.5. The molecule has 0 bridgehead atoms. The van der Waals surface area contributed by atoms with Crippen molar-refractivity contribution >= 4 is 34.9 Å². The molecule has 2 aliphatic heterocycles. The van der Waals surface area contributed by atoms with Crippen LogP contribution in [0.3, 0.4) is 0 Å². The van der Waals surface area contributed by atoms with E-state index in [-0.39, 0.29) is 5.96 Å². The van der Waals surface area contributed by atoms with Gasteiger partial charge in [0, 0.05) is 29.5 Å². The van der Waals surface area contributed by atoms with Crippen molar-refractivity contribution in [3.63, 3.8) is 0 Å². The molecule has 1 unspecified atom stereocenters. The molecule has 2 aromatic rings. The third kappa shape index (κ3) is 3.90. The molecule has 0 aliphatic carbocycles. The van der Waals surface area contributed by atoms with E-state index in [9.17, 15) is 0 Å². The molecule has 2 aromatic carbocycles. The summed E-state index contributed by atoms with van der Waals surface area (Å²) in [7, 11) is 0. The Balaban J connectivity index is 1.70. The van der Waals surface area contributed by atoms with Crippen LogP contribution in [0.5, 0.6) is 0 Å². The minimum Gasteiger partial charge on any atom is -0.378 e. The Kier molecular flexibility index (Phi) is 5.36. The van der Waals surface area contributed by atoms with Gasteiger partial charge in [0.1, 0.15) is 0 Å². The lowest BCUT2D eigenvalue weighted by molar-refractivity contribution is 0.0671. The van der Waals surface area contributed by atoms with Crippen LogP contribution in [0, 0.1) is 6.92 Å². The maximum atomic E-state index is 6.30. The van der Waals surface area contributed by atoms with E-state index in [4.69, 9.17) is 22.1 Å². The van der Waals surface area contributed by atoms with Gasteiger partial charge in [-0.3, -0.25) is 4.90 Å². The SMILES string of the molecule is Cc1ccc(NC2N=C(N)N=C(N3CCOCC3)N2c2ccccc2)cc1Cl. The fourth-order valence-corrected chi connectivity index (χ4v) is 3.42. The van der Waals surface area contributed by atoms with Gasteiger partial charge in [-0.15, -0.1) is 0 Å². The first-order chi connectivity index (χ1) is 13.6. The fraction of sp³-hybridized carbons (Fsp3) is 0.300. The first-order valence-corrected chi connectivity index (χ1v) is 9.61. The number of guanidine groups is 2. The number of morpholine rings is 1. The van der Waals surface area contributed by atoms with E-state index in [0.717, 1.165) is 36.0 Å². The lowest BCUT2D eigenvalue weighted by atomic mass is 10.2. The Morgan fingerprint density at radius 3 is 2.61 bits per heavy atom. The van der Waals surface area contributed by atoms with Crippen LogP contribution in [0.1, 0.15) is 5.56 Å². The van der Waals surface area contributed by atoms with Crippen LogP contribution < -0.4 is 16.0 Å². The summed E-state index contributed by atoms with van der Waals surface area (Å²) < 4.78 is 5.50. The number of benzene rings is 2. The highest BCUT2D eigenvalue weighted by Gasteiger charge is 2.32. The van der Waals surface area contributed by atoms with Crippen molar-refractivity contribution < 1.29 is 4.74 Å². The second-order valence-electron chi connectivity index (χ2n) is 6.69. The van der Waals surface area contributed by atoms with Gasteiger partial charge in [-0.05, 0) is 36.8 Å². The first-order valence-electron chi connectivity index (χ1n) is 9.23. The molecule has 2 aliphatic rings. The van der Waals surface area contributed by atoms with Crippen molar-refractivity contribution in [3.8, 4) is 0 Å². The number of nitrogens with zero attached hydrogens (tertiary/aromatic N) is 4. The molecule has 1 atom stereocenters. The predicted octanol–water partition coefficient (Wildman–Crippen LogP) is 2.87. The van der Waals surface area contributed by atoms with Crippen LogP contribution in [-0.4, -0.2) is 49.4 Å². The number of aliphatic imine (C=N–C) groups is 2.